The van der Waals surface area contributed by atoms with Gasteiger partial charge >= 0.3 is 0 Å². The molecule has 1 fully saturated rings. The first-order valence-electron chi connectivity index (χ1n) is 4.87. The lowest BCUT2D eigenvalue weighted by Crippen LogP contribution is -2.37. The SMILES string of the molecule is NC(=O)[C@@H]1CCC(c2ccccc2)N1. The van der Waals surface area contributed by atoms with Gasteiger partial charge in [0.25, 0.3) is 0 Å². The number of nitrogens with two attached hydrogens (primary N) is 1. The van der Waals surface area contributed by atoms with E-state index in [1.165, 1.54) is 5.56 Å². The van der Waals surface area contributed by atoms with Crippen LogP contribution >= 0.6 is 0 Å². The number of carbonyl (C=O) groups excluding carboxylic acids is 1. The third kappa shape index (κ3) is 1.77. The Hall–Kier alpha value is -1.35. The average Bonchev–Trinajstić information content (AvgIpc) is 2.68. The summed E-state index contributed by atoms with van der Waals surface area (Å²) in [7, 11) is 0. The summed E-state index contributed by atoms with van der Waals surface area (Å²) in [4.78, 5) is 10.9. The summed E-state index contributed by atoms with van der Waals surface area (Å²) in [6.45, 7) is 0. The summed E-state index contributed by atoms with van der Waals surface area (Å²) >= 11 is 0. The first-order valence-corrected chi connectivity index (χ1v) is 4.87. The van der Waals surface area contributed by atoms with Gasteiger partial charge in [-0.05, 0) is 18.4 Å². The second-order valence-corrected chi connectivity index (χ2v) is 3.66. The van der Waals surface area contributed by atoms with E-state index in [0.29, 0.717) is 0 Å². The number of benzene rings is 1. The Morgan fingerprint density at radius 2 is 2.00 bits per heavy atom. The summed E-state index contributed by atoms with van der Waals surface area (Å²) < 4.78 is 0. The Morgan fingerprint density at radius 1 is 1.29 bits per heavy atom. The lowest BCUT2D eigenvalue weighted by atomic mass is 10.1. The van der Waals surface area contributed by atoms with Crippen molar-refractivity contribution in [2.75, 3.05) is 0 Å². The number of carbonyl (C=O) groups is 1. The van der Waals surface area contributed by atoms with E-state index >= 15 is 0 Å². The largest absolute Gasteiger partial charge is 0.368 e. The van der Waals surface area contributed by atoms with Crippen LogP contribution in [-0.2, 0) is 4.79 Å². The highest BCUT2D eigenvalue weighted by Gasteiger charge is 2.27. The van der Waals surface area contributed by atoms with Crippen LogP contribution in [0.5, 0.6) is 0 Å². The molecule has 3 N–H and O–H groups in total. The van der Waals surface area contributed by atoms with Crippen molar-refractivity contribution in [1.29, 1.82) is 0 Å². The molecule has 0 saturated carbocycles. The molecule has 0 bridgehead atoms. The van der Waals surface area contributed by atoms with Crippen molar-refractivity contribution in [1.82, 2.24) is 5.32 Å². The van der Waals surface area contributed by atoms with Crippen LogP contribution in [-0.4, -0.2) is 11.9 Å². The molecule has 1 heterocycles. The maximum Gasteiger partial charge on any atom is 0.234 e. The van der Waals surface area contributed by atoms with Gasteiger partial charge in [0.05, 0.1) is 6.04 Å². The average molecular weight is 190 g/mol. The molecule has 1 aromatic carbocycles. The lowest BCUT2D eigenvalue weighted by molar-refractivity contribution is -0.119. The van der Waals surface area contributed by atoms with Crippen LogP contribution < -0.4 is 11.1 Å². The molecule has 0 aromatic heterocycles. The second-order valence-electron chi connectivity index (χ2n) is 3.66. The van der Waals surface area contributed by atoms with Gasteiger partial charge in [-0.25, -0.2) is 0 Å². The van der Waals surface area contributed by atoms with Crippen molar-refractivity contribution in [2.24, 2.45) is 5.73 Å². The summed E-state index contributed by atoms with van der Waals surface area (Å²) in [5, 5.41) is 3.23. The predicted molar refractivity (Wildman–Crippen MR) is 54.5 cm³/mol. The number of primary amides is 1. The van der Waals surface area contributed by atoms with E-state index < -0.39 is 0 Å². The normalized spacial score (nSPS) is 26.3. The zero-order valence-corrected chi connectivity index (χ0v) is 7.94. The molecule has 74 valence electrons. The Morgan fingerprint density at radius 3 is 2.57 bits per heavy atom. The Balaban J connectivity index is 2.06. The number of nitrogens with one attached hydrogen (secondary N) is 1. The summed E-state index contributed by atoms with van der Waals surface area (Å²) in [6.07, 6.45) is 1.83. The van der Waals surface area contributed by atoms with Crippen LogP contribution in [0.25, 0.3) is 0 Å². The van der Waals surface area contributed by atoms with Gasteiger partial charge in [-0.1, -0.05) is 30.3 Å². The van der Waals surface area contributed by atoms with Gasteiger partial charge in [-0.15, -0.1) is 0 Å². The van der Waals surface area contributed by atoms with E-state index in [1.54, 1.807) is 0 Å². The van der Waals surface area contributed by atoms with Crippen LogP contribution in [0.1, 0.15) is 24.4 Å². The standard InChI is InChI=1S/C11H14N2O/c12-11(14)10-7-6-9(13-10)8-4-2-1-3-5-8/h1-5,9-10,13H,6-7H2,(H2,12,14)/t9?,10-/m0/s1. The highest BCUT2D eigenvalue weighted by atomic mass is 16.1. The van der Waals surface area contributed by atoms with Crippen molar-refractivity contribution in [2.45, 2.75) is 24.9 Å². The molecule has 1 amide bonds. The Labute approximate surface area is 83.3 Å². The zero-order chi connectivity index (χ0) is 9.97. The van der Waals surface area contributed by atoms with Crippen LogP contribution in [0.2, 0.25) is 0 Å². The van der Waals surface area contributed by atoms with Crippen LogP contribution in [0, 0.1) is 0 Å². The molecule has 1 aliphatic rings. The van der Waals surface area contributed by atoms with Crippen molar-refractivity contribution >= 4 is 5.91 Å². The van der Waals surface area contributed by atoms with E-state index in [1.807, 2.05) is 18.2 Å². The molecule has 1 unspecified atom stereocenters. The monoisotopic (exact) mass is 190 g/mol. The van der Waals surface area contributed by atoms with E-state index in [9.17, 15) is 4.79 Å². The smallest absolute Gasteiger partial charge is 0.234 e. The fraction of sp³-hybridized carbons (Fsp3) is 0.364. The van der Waals surface area contributed by atoms with E-state index in [-0.39, 0.29) is 18.0 Å². The molecule has 1 aromatic rings. The van der Waals surface area contributed by atoms with E-state index in [4.69, 9.17) is 5.73 Å². The second kappa shape index (κ2) is 3.80. The molecule has 3 heteroatoms. The molecular weight excluding hydrogens is 176 g/mol. The summed E-state index contributed by atoms with van der Waals surface area (Å²) in [5.41, 5.74) is 6.47. The number of hydrogen-bond donors (Lipinski definition) is 2. The highest BCUT2D eigenvalue weighted by molar-refractivity contribution is 5.80. The van der Waals surface area contributed by atoms with Gasteiger partial charge in [0.15, 0.2) is 0 Å². The first kappa shape index (κ1) is 9.21. The minimum atomic E-state index is -0.247. The molecule has 1 saturated heterocycles. The summed E-state index contributed by atoms with van der Waals surface area (Å²) in [5.74, 6) is -0.247. The fourth-order valence-electron chi connectivity index (χ4n) is 1.92. The molecular formula is C11H14N2O. The minimum absolute atomic E-state index is 0.153. The number of rotatable bonds is 2. The molecule has 0 aliphatic carbocycles. The van der Waals surface area contributed by atoms with Crippen LogP contribution in [0.15, 0.2) is 30.3 Å². The zero-order valence-electron chi connectivity index (χ0n) is 7.94. The van der Waals surface area contributed by atoms with Gasteiger partial charge in [0.1, 0.15) is 0 Å². The fourth-order valence-corrected chi connectivity index (χ4v) is 1.92. The highest BCUT2D eigenvalue weighted by Crippen LogP contribution is 2.25. The molecule has 2 rings (SSSR count). The van der Waals surface area contributed by atoms with Gasteiger partial charge in [-0.3, -0.25) is 10.1 Å². The summed E-state index contributed by atoms with van der Waals surface area (Å²) in [6, 6.07) is 10.3. The minimum Gasteiger partial charge on any atom is -0.368 e. The maximum atomic E-state index is 10.9. The van der Waals surface area contributed by atoms with Crippen molar-refractivity contribution in [3.8, 4) is 0 Å². The predicted octanol–water partition coefficient (Wildman–Crippen LogP) is 0.965. The van der Waals surface area contributed by atoms with Gasteiger partial charge in [0.2, 0.25) is 5.91 Å². The molecule has 0 radical (unpaired) electrons. The molecule has 2 atom stereocenters. The Bertz CT molecular complexity index is 323. The van der Waals surface area contributed by atoms with E-state index in [0.717, 1.165) is 12.8 Å². The molecule has 0 spiro atoms. The van der Waals surface area contributed by atoms with Crippen molar-refractivity contribution < 1.29 is 4.79 Å². The quantitative estimate of drug-likeness (QED) is 0.730. The van der Waals surface area contributed by atoms with Gasteiger partial charge in [-0.2, -0.15) is 0 Å². The number of amides is 1. The van der Waals surface area contributed by atoms with Crippen molar-refractivity contribution in [3.63, 3.8) is 0 Å². The number of hydrogen-bond acceptors (Lipinski definition) is 2. The Kier molecular flexibility index (Phi) is 2.50. The third-order valence-corrected chi connectivity index (χ3v) is 2.69. The maximum absolute atomic E-state index is 10.9. The van der Waals surface area contributed by atoms with E-state index in [2.05, 4.69) is 17.4 Å². The molecule has 14 heavy (non-hydrogen) atoms. The lowest BCUT2D eigenvalue weighted by Gasteiger charge is -2.12. The van der Waals surface area contributed by atoms with Crippen molar-refractivity contribution in [3.05, 3.63) is 35.9 Å². The topological polar surface area (TPSA) is 55.1 Å². The third-order valence-electron chi connectivity index (χ3n) is 2.69. The van der Waals surface area contributed by atoms with Gasteiger partial charge in [0, 0.05) is 6.04 Å². The first-order chi connectivity index (χ1) is 6.77. The van der Waals surface area contributed by atoms with Crippen LogP contribution in [0.3, 0.4) is 0 Å². The molecule has 3 nitrogen and oxygen atoms in total. The van der Waals surface area contributed by atoms with Gasteiger partial charge < -0.3 is 5.73 Å². The molecule has 1 aliphatic heterocycles. The van der Waals surface area contributed by atoms with Crippen LogP contribution in [0.4, 0.5) is 0 Å².